The molecule has 2 nitrogen and oxygen atoms in total. The second kappa shape index (κ2) is 2.96. The van der Waals surface area contributed by atoms with Gasteiger partial charge in [-0.1, -0.05) is 20.8 Å². The Morgan fingerprint density at radius 1 is 1.21 bits per heavy atom. The SMILES string of the molecule is CC1(C)[C@@H]2C[C@@H](O)[C@@](C)(CCO)C[C@@H]21. The van der Waals surface area contributed by atoms with E-state index in [1.807, 2.05) is 0 Å². The number of rotatable bonds is 2. The minimum absolute atomic E-state index is 0.0380. The van der Waals surface area contributed by atoms with Crippen LogP contribution in [-0.2, 0) is 0 Å². The summed E-state index contributed by atoms with van der Waals surface area (Å²) in [6, 6.07) is 0. The van der Waals surface area contributed by atoms with Gasteiger partial charge < -0.3 is 10.2 Å². The van der Waals surface area contributed by atoms with Crippen molar-refractivity contribution in [3.05, 3.63) is 0 Å². The van der Waals surface area contributed by atoms with Crippen LogP contribution in [0.4, 0.5) is 0 Å². The van der Waals surface area contributed by atoms with E-state index in [1.54, 1.807) is 0 Å². The lowest BCUT2D eigenvalue weighted by molar-refractivity contribution is -0.0182. The zero-order chi connectivity index (χ0) is 10.6. The molecule has 0 amide bonds. The fourth-order valence-electron chi connectivity index (χ4n) is 3.42. The molecule has 0 bridgehead atoms. The second-order valence-electron chi connectivity index (χ2n) is 6.12. The maximum atomic E-state index is 10.1. The highest BCUT2D eigenvalue weighted by atomic mass is 16.3. The Morgan fingerprint density at radius 2 is 1.86 bits per heavy atom. The van der Waals surface area contributed by atoms with E-state index in [4.69, 9.17) is 5.11 Å². The van der Waals surface area contributed by atoms with E-state index >= 15 is 0 Å². The molecule has 2 saturated carbocycles. The first-order valence-electron chi connectivity index (χ1n) is 5.71. The predicted octanol–water partition coefficient (Wildman–Crippen LogP) is 1.80. The Morgan fingerprint density at radius 3 is 2.43 bits per heavy atom. The average molecular weight is 198 g/mol. The molecule has 4 atom stereocenters. The van der Waals surface area contributed by atoms with Crippen LogP contribution in [0.3, 0.4) is 0 Å². The lowest BCUT2D eigenvalue weighted by Crippen LogP contribution is -2.37. The molecule has 14 heavy (non-hydrogen) atoms. The van der Waals surface area contributed by atoms with E-state index < -0.39 is 0 Å². The van der Waals surface area contributed by atoms with E-state index in [1.165, 1.54) is 0 Å². The van der Waals surface area contributed by atoms with Crippen molar-refractivity contribution < 1.29 is 10.2 Å². The first-order valence-corrected chi connectivity index (χ1v) is 5.71. The highest BCUT2D eigenvalue weighted by molar-refractivity contribution is 5.12. The molecular formula is C12H22O2. The van der Waals surface area contributed by atoms with E-state index in [2.05, 4.69) is 20.8 Å². The van der Waals surface area contributed by atoms with Crippen molar-refractivity contribution in [1.82, 2.24) is 0 Å². The van der Waals surface area contributed by atoms with E-state index in [9.17, 15) is 5.11 Å². The molecule has 0 aliphatic heterocycles. The Hall–Kier alpha value is -0.0800. The number of fused-ring (bicyclic) bond motifs is 1. The van der Waals surface area contributed by atoms with Gasteiger partial charge in [0.25, 0.3) is 0 Å². The van der Waals surface area contributed by atoms with Crippen molar-refractivity contribution in [1.29, 1.82) is 0 Å². The van der Waals surface area contributed by atoms with Gasteiger partial charge in [-0.25, -0.2) is 0 Å². The first-order chi connectivity index (χ1) is 6.42. The molecule has 82 valence electrons. The second-order valence-corrected chi connectivity index (χ2v) is 6.12. The normalized spacial score (nSPS) is 49.9. The van der Waals surface area contributed by atoms with Crippen LogP contribution in [0.5, 0.6) is 0 Å². The summed E-state index contributed by atoms with van der Waals surface area (Å²) in [7, 11) is 0. The highest BCUT2D eigenvalue weighted by Crippen LogP contribution is 2.68. The molecule has 0 aromatic rings. The lowest BCUT2D eigenvalue weighted by atomic mass is 9.71. The molecule has 0 unspecified atom stereocenters. The van der Waals surface area contributed by atoms with Gasteiger partial charge >= 0.3 is 0 Å². The maximum Gasteiger partial charge on any atom is 0.0597 e. The highest BCUT2D eigenvalue weighted by Gasteiger charge is 2.63. The Balaban J connectivity index is 2.09. The number of hydrogen-bond acceptors (Lipinski definition) is 2. The summed E-state index contributed by atoms with van der Waals surface area (Å²) in [5.41, 5.74) is 0.401. The van der Waals surface area contributed by atoms with Crippen LogP contribution in [0, 0.1) is 22.7 Å². The van der Waals surface area contributed by atoms with Crippen LogP contribution >= 0.6 is 0 Å². The lowest BCUT2D eigenvalue weighted by Gasteiger charge is -2.37. The van der Waals surface area contributed by atoms with E-state index in [-0.39, 0.29) is 18.1 Å². The molecule has 2 aliphatic rings. The molecule has 0 saturated heterocycles. The Labute approximate surface area is 86.3 Å². The van der Waals surface area contributed by atoms with Gasteiger partial charge in [0.05, 0.1) is 6.10 Å². The molecule has 2 N–H and O–H groups in total. The van der Waals surface area contributed by atoms with Crippen molar-refractivity contribution in [3.8, 4) is 0 Å². The van der Waals surface area contributed by atoms with Gasteiger partial charge in [0, 0.05) is 6.61 Å². The zero-order valence-corrected chi connectivity index (χ0v) is 9.45. The fraction of sp³-hybridized carbons (Fsp3) is 1.00. The van der Waals surface area contributed by atoms with Crippen molar-refractivity contribution in [2.45, 2.75) is 46.1 Å². The number of aliphatic hydroxyl groups is 2. The van der Waals surface area contributed by atoms with Crippen LogP contribution < -0.4 is 0 Å². The van der Waals surface area contributed by atoms with Crippen molar-refractivity contribution in [2.24, 2.45) is 22.7 Å². The van der Waals surface area contributed by atoms with Crippen molar-refractivity contribution >= 4 is 0 Å². The summed E-state index contributed by atoms with van der Waals surface area (Å²) in [6.45, 7) is 6.93. The van der Waals surface area contributed by atoms with Gasteiger partial charge in [-0.3, -0.25) is 0 Å². The summed E-state index contributed by atoms with van der Waals surface area (Å²) in [6.07, 6.45) is 2.56. The summed E-state index contributed by atoms with van der Waals surface area (Å²) >= 11 is 0. The Bertz CT molecular complexity index is 236. The molecule has 2 fully saturated rings. The van der Waals surface area contributed by atoms with Gasteiger partial charge in [-0.15, -0.1) is 0 Å². The summed E-state index contributed by atoms with van der Waals surface area (Å²) < 4.78 is 0. The van der Waals surface area contributed by atoms with Crippen molar-refractivity contribution in [2.75, 3.05) is 6.61 Å². The molecule has 2 heteroatoms. The molecule has 2 rings (SSSR count). The van der Waals surface area contributed by atoms with Crippen LogP contribution in [-0.4, -0.2) is 22.9 Å². The van der Waals surface area contributed by atoms with Crippen LogP contribution in [0.1, 0.15) is 40.0 Å². The third-order valence-electron chi connectivity index (χ3n) is 4.94. The standard InChI is InChI=1S/C12H22O2/c1-11(2)8-6-10(14)12(3,4-5-13)7-9(8)11/h8-10,13-14H,4-7H2,1-3H3/t8-,9+,10-,12+/m1/s1. The summed E-state index contributed by atoms with van der Waals surface area (Å²) in [4.78, 5) is 0. The molecule has 2 aliphatic carbocycles. The minimum Gasteiger partial charge on any atom is -0.396 e. The molecular weight excluding hydrogens is 176 g/mol. The minimum atomic E-state index is -0.210. The van der Waals surface area contributed by atoms with Crippen LogP contribution in [0.15, 0.2) is 0 Å². The predicted molar refractivity (Wildman–Crippen MR) is 55.8 cm³/mol. The van der Waals surface area contributed by atoms with Crippen LogP contribution in [0.2, 0.25) is 0 Å². The van der Waals surface area contributed by atoms with Crippen molar-refractivity contribution in [3.63, 3.8) is 0 Å². The van der Waals surface area contributed by atoms with Gasteiger partial charge in [0.15, 0.2) is 0 Å². The summed E-state index contributed by atoms with van der Waals surface area (Å²) in [5.74, 6) is 1.51. The number of hydrogen-bond donors (Lipinski definition) is 2. The molecule has 0 radical (unpaired) electrons. The fourth-order valence-corrected chi connectivity index (χ4v) is 3.42. The third kappa shape index (κ3) is 1.31. The molecule has 0 spiro atoms. The van der Waals surface area contributed by atoms with Gasteiger partial charge in [0.2, 0.25) is 0 Å². The molecule has 0 aromatic heterocycles. The first kappa shape index (κ1) is 10.4. The molecule has 0 heterocycles. The monoisotopic (exact) mass is 198 g/mol. The smallest absolute Gasteiger partial charge is 0.0597 e. The largest absolute Gasteiger partial charge is 0.396 e. The van der Waals surface area contributed by atoms with Gasteiger partial charge in [-0.05, 0) is 41.9 Å². The van der Waals surface area contributed by atoms with E-state index in [0.29, 0.717) is 5.41 Å². The Kier molecular flexibility index (Phi) is 2.20. The maximum absolute atomic E-state index is 10.1. The van der Waals surface area contributed by atoms with Crippen LogP contribution in [0.25, 0.3) is 0 Å². The topological polar surface area (TPSA) is 40.5 Å². The quantitative estimate of drug-likeness (QED) is 0.710. The third-order valence-corrected chi connectivity index (χ3v) is 4.94. The zero-order valence-electron chi connectivity index (χ0n) is 9.45. The molecule has 0 aromatic carbocycles. The van der Waals surface area contributed by atoms with E-state index in [0.717, 1.165) is 31.1 Å². The summed E-state index contributed by atoms with van der Waals surface area (Å²) in [5, 5.41) is 19.1. The average Bonchev–Trinajstić information content (AvgIpc) is 2.56. The number of aliphatic hydroxyl groups excluding tert-OH is 2. The van der Waals surface area contributed by atoms with Gasteiger partial charge in [-0.2, -0.15) is 0 Å². The van der Waals surface area contributed by atoms with Gasteiger partial charge in [0.1, 0.15) is 0 Å².